The molecule has 0 saturated heterocycles. The van der Waals surface area contributed by atoms with Crippen molar-refractivity contribution in [2.75, 3.05) is 6.54 Å². The van der Waals surface area contributed by atoms with Gasteiger partial charge in [-0.15, -0.1) is 0 Å². The Hall–Kier alpha value is -0.730. The van der Waals surface area contributed by atoms with Crippen LogP contribution in [0.3, 0.4) is 0 Å². The molecule has 0 aliphatic rings. The van der Waals surface area contributed by atoms with Crippen LogP contribution in [0.5, 0.6) is 0 Å². The standard InChI is InChI=1S/C11H24N2O/c1-6-9(7-2)8-12-10(14)13-11(3,4)5/h9H,6-8H2,1-5H3,(H2,12,13,14). The van der Waals surface area contributed by atoms with E-state index in [2.05, 4.69) is 24.5 Å². The van der Waals surface area contributed by atoms with E-state index in [9.17, 15) is 4.79 Å². The Balaban J connectivity index is 3.74. The Morgan fingerprint density at radius 3 is 2.07 bits per heavy atom. The second-order valence-electron chi connectivity index (χ2n) is 4.77. The fraction of sp³-hybridized carbons (Fsp3) is 0.909. The molecule has 3 nitrogen and oxygen atoms in total. The molecule has 0 aliphatic heterocycles. The zero-order chi connectivity index (χ0) is 11.2. The molecule has 0 fully saturated rings. The lowest BCUT2D eigenvalue weighted by Crippen LogP contribution is -2.47. The molecular weight excluding hydrogens is 176 g/mol. The summed E-state index contributed by atoms with van der Waals surface area (Å²) >= 11 is 0. The molecule has 2 amide bonds. The fourth-order valence-electron chi connectivity index (χ4n) is 1.20. The smallest absolute Gasteiger partial charge is 0.315 e. The Bertz CT molecular complexity index is 169. The van der Waals surface area contributed by atoms with Crippen LogP contribution in [0.4, 0.5) is 4.79 Å². The summed E-state index contributed by atoms with van der Waals surface area (Å²) in [5, 5.41) is 5.76. The van der Waals surface area contributed by atoms with Gasteiger partial charge in [0.15, 0.2) is 0 Å². The van der Waals surface area contributed by atoms with Crippen LogP contribution in [-0.4, -0.2) is 18.1 Å². The molecule has 0 aromatic heterocycles. The van der Waals surface area contributed by atoms with Crippen molar-refractivity contribution in [1.82, 2.24) is 10.6 Å². The average Bonchev–Trinajstić information content (AvgIpc) is 2.03. The van der Waals surface area contributed by atoms with Crippen molar-refractivity contribution in [2.45, 2.75) is 53.0 Å². The predicted molar refractivity (Wildman–Crippen MR) is 60.4 cm³/mol. The molecule has 0 aromatic rings. The molecule has 3 heteroatoms. The van der Waals surface area contributed by atoms with Crippen molar-refractivity contribution in [3.05, 3.63) is 0 Å². The van der Waals surface area contributed by atoms with Crippen molar-refractivity contribution in [3.63, 3.8) is 0 Å². The molecule has 0 unspecified atom stereocenters. The van der Waals surface area contributed by atoms with E-state index in [0.717, 1.165) is 19.4 Å². The van der Waals surface area contributed by atoms with Gasteiger partial charge in [0.2, 0.25) is 0 Å². The van der Waals surface area contributed by atoms with E-state index >= 15 is 0 Å². The minimum Gasteiger partial charge on any atom is -0.338 e. The third-order valence-electron chi connectivity index (χ3n) is 2.19. The summed E-state index contributed by atoms with van der Waals surface area (Å²) in [7, 11) is 0. The van der Waals surface area contributed by atoms with Gasteiger partial charge < -0.3 is 10.6 Å². The Labute approximate surface area is 87.6 Å². The third-order valence-corrected chi connectivity index (χ3v) is 2.19. The molecule has 0 rings (SSSR count). The number of hydrogen-bond donors (Lipinski definition) is 2. The van der Waals surface area contributed by atoms with Crippen molar-refractivity contribution in [3.8, 4) is 0 Å². The summed E-state index contributed by atoms with van der Waals surface area (Å²) in [6.07, 6.45) is 2.23. The van der Waals surface area contributed by atoms with Gasteiger partial charge in [0.25, 0.3) is 0 Å². The summed E-state index contributed by atoms with van der Waals surface area (Å²) in [5.74, 6) is 0.598. The van der Waals surface area contributed by atoms with Crippen LogP contribution >= 0.6 is 0 Å². The van der Waals surface area contributed by atoms with Gasteiger partial charge in [-0.1, -0.05) is 26.7 Å². The van der Waals surface area contributed by atoms with Crippen molar-refractivity contribution in [2.24, 2.45) is 5.92 Å². The summed E-state index contributed by atoms with van der Waals surface area (Å²) in [6, 6.07) is -0.0654. The van der Waals surface area contributed by atoms with Crippen molar-refractivity contribution in [1.29, 1.82) is 0 Å². The van der Waals surface area contributed by atoms with Crippen LogP contribution in [0, 0.1) is 5.92 Å². The van der Waals surface area contributed by atoms with Gasteiger partial charge in [0, 0.05) is 12.1 Å². The number of rotatable bonds is 4. The molecule has 14 heavy (non-hydrogen) atoms. The van der Waals surface area contributed by atoms with Gasteiger partial charge in [0.05, 0.1) is 0 Å². The largest absolute Gasteiger partial charge is 0.338 e. The van der Waals surface area contributed by atoms with Crippen LogP contribution in [0.2, 0.25) is 0 Å². The first kappa shape index (κ1) is 13.3. The molecule has 0 radical (unpaired) electrons. The monoisotopic (exact) mass is 200 g/mol. The maximum atomic E-state index is 11.4. The first-order chi connectivity index (χ1) is 6.39. The van der Waals surface area contributed by atoms with Gasteiger partial charge in [-0.2, -0.15) is 0 Å². The normalized spacial score (nSPS) is 11.6. The molecule has 0 saturated carbocycles. The summed E-state index contributed by atoms with van der Waals surface area (Å²) < 4.78 is 0. The lowest BCUT2D eigenvalue weighted by molar-refractivity contribution is 0.229. The van der Waals surface area contributed by atoms with E-state index in [0.29, 0.717) is 5.92 Å². The van der Waals surface area contributed by atoms with Gasteiger partial charge in [-0.25, -0.2) is 4.79 Å². The Morgan fingerprint density at radius 2 is 1.71 bits per heavy atom. The van der Waals surface area contributed by atoms with E-state index in [4.69, 9.17) is 0 Å². The van der Waals surface area contributed by atoms with Crippen LogP contribution in [-0.2, 0) is 0 Å². The maximum absolute atomic E-state index is 11.4. The quantitative estimate of drug-likeness (QED) is 0.719. The molecule has 84 valence electrons. The number of hydrogen-bond acceptors (Lipinski definition) is 1. The highest BCUT2D eigenvalue weighted by Gasteiger charge is 2.13. The number of amides is 2. The number of carbonyl (C=O) groups excluding carboxylic acids is 1. The first-order valence-corrected chi connectivity index (χ1v) is 5.45. The summed E-state index contributed by atoms with van der Waals surface area (Å²) in [5.41, 5.74) is -0.155. The molecule has 0 spiro atoms. The molecular formula is C11H24N2O. The van der Waals surface area contributed by atoms with E-state index in [1.54, 1.807) is 0 Å². The second-order valence-corrected chi connectivity index (χ2v) is 4.77. The minimum atomic E-state index is -0.155. The van der Waals surface area contributed by atoms with Crippen LogP contribution in [0.1, 0.15) is 47.5 Å². The number of nitrogens with one attached hydrogen (secondary N) is 2. The van der Waals surface area contributed by atoms with Gasteiger partial charge >= 0.3 is 6.03 Å². The molecule has 0 aromatic carbocycles. The molecule has 0 aliphatic carbocycles. The predicted octanol–water partition coefficient (Wildman–Crippen LogP) is 2.52. The zero-order valence-electron chi connectivity index (χ0n) is 10.1. The van der Waals surface area contributed by atoms with E-state index < -0.39 is 0 Å². The van der Waals surface area contributed by atoms with Gasteiger partial charge in [0.1, 0.15) is 0 Å². The van der Waals surface area contributed by atoms with Crippen LogP contribution in [0.15, 0.2) is 0 Å². The second kappa shape index (κ2) is 5.89. The number of carbonyl (C=O) groups is 1. The van der Waals surface area contributed by atoms with Crippen LogP contribution < -0.4 is 10.6 Å². The van der Waals surface area contributed by atoms with Crippen LogP contribution in [0.25, 0.3) is 0 Å². The average molecular weight is 200 g/mol. The zero-order valence-corrected chi connectivity index (χ0v) is 10.1. The maximum Gasteiger partial charge on any atom is 0.315 e. The lowest BCUT2D eigenvalue weighted by atomic mass is 10.0. The fourth-order valence-corrected chi connectivity index (χ4v) is 1.20. The molecule has 0 bridgehead atoms. The SMILES string of the molecule is CCC(CC)CNC(=O)NC(C)(C)C. The molecule has 2 N–H and O–H groups in total. The van der Waals surface area contributed by atoms with Crippen molar-refractivity contribution >= 4 is 6.03 Å². The summed E-state index contributed by atoms with van der Waals surface area (Å²) in [6.45, 7) is 11.0. The Kier molecular flexibility index (Phi) is 5.58. The third kappa shape index (κ3) is 6.75. The highest BCUT2D eigenvalue weighted by atomic mass is 16.2. The minimum absolute atomic E-state index is 0.0654. The highest BCUT2D eigenvalue weighted by Crippen LogP contribution is 2.05. The Morgan fingerprint density at radius 1 is 1.21 bits per heavy atom. The van der Waals surface area contributed by atoms with Gasteiger partial charge in [-0.05, 0) is 26.7 Å². The highest BCUT2D eigenvalue weighted by molar-refractivity contribution is 5.74. The van der Waals surface area contributed by atoms with Gasteiger partial charge in [-0.3, -0.25) is 0 Å². The topological polar surface area (TPSA) is 41.1 Å². The van der Waals surface area contributed by atoms with E-state index in [1.807, 2.05) is 20.8 Å². The molecule has 0 heterocycles. The lowest BCUT2D eigenvalue weighted by Gasteiger charge is -2.22. The molecule has 0 atom stereocenters. The summed E-state index contributed by atoms with van der Waals surface area (Å²) in [4.78, 5) is 11.4. The van der Waals surface area contributed by atoms with E-state index in [-0.39, 0.29) is 11.6 Å². The van der Waals surface area contributed by atoms with E-state index in [1.165, 1.54) is 0 Å². The first-order valence-electron chi connectivity index (χ1n) is 5.45. The van der Waals surface area contributed by atoms with Crippen molar-refractivity contribution < 1.29 is 4.79 Å². The number of urea groups is 1.